The molecule has 0 bridgehead atoms. The van der Waals surface area contributed by atoms with Crippen molar-refractivity contribution in [1.82, 2.24) is 20.6 Å². The molecule has 1 N–H and O–H groups in total. The highest BCUT2D eigenvalue weighted by atomic mass is 32.2. The third-order valence-electron chi connectivity index (χ3n) is 0.824. The van der Waals surface area contributed by atoms with Gasteiger partial charge in [-0.3, -0.25) is 0 Å². The van der Waals surface area contributed by atoms with E-state index < -0.39 is 0 Å². The molecule has 0 atom stereocenters. The highest BCUT2D eigenvalue weighted by molar-refractivity contribution is 7.98. The molecule has 9 heavy (non-hydrogen) atoms. The van der Waals surface area contributed by atoms with Crippen LogP contribution < -0.4 is 0 Å². The van der Waals surface area contributed by atoms with Crippen LogP contribution in [0.15, 0.2) is 0 Å². The van der Waals surface area contributed by atoms with Crippen LogP contribution in [0.1, 0.15) is 12.7 Å². The molecule has 50 valence electrons. The van der Waals surface area contributed by atoms with E-state index >= 15 is 0 Å². The molecule has 1 heterocycles. The van der Waals surface area contributed by atoms with Gasteiger partial charge in [0.25, 0.3) is 0 Å². The molecule has 0 radical (unpaired) electrons. The summed E-state index contributed by atoms with van der Waals surface area (Å²) in [5, 5.41) is 13.4. The van der Waals surface area contributed by atoms with E-state index in [-0.39, 0.29) is 0 Å². The average Bonchev–Trinajstić information content (AvgIpc) is 2.34. The molecule has 4 nitrogen and oxygen atoms in total. The van der Waals surface area contributed by atoms with Crippen molar-refractivity contribution < 1.29 is 0 Å². The zero-order valence-corrected chi connectivity index (χ0v) is 5.98. The molecule has 1 aromatic rings. The molecule has 0 saturated heterocycles. The molecule has 0 aliphatic carbocycles. The van der Waals surface area contributed by atoms with Gasteiger partial charge in [0.15, 0.2) is 5.82 Å². The van der Waals surface area contributed by atoms with Crippen LogP contribution in [0.3, 0.4) is 0 Å². The topological polar surface area (TPSA) is 54.5 Å². The second-order valence-electron chi connectivity index (χ2n) is 1.47. The first-order chi connectivity index (χ1) is 4.43. The van der Waals surface area contributed by atoms with Gasteiger partial charge in [-0.2, -0.15) is 17.0 Å². The Morgan fingerprint density at radius 1 is 1.67 bits per heavy atom. The van der Waals surface area contributed by atoms with Gasteiger partial charge in [0.1, 0.15) is 0 Å². The van der Waals surface area contributed by atoms with Gasteiger partial charge in [-0.05, 0) is 5.75 Å². The van der Waals surface area contributed by atoms with E-state index in [1.807, 2.05) is 0 Å². The van der Waals surface area contributed by atoms with Gasteiger partial charge in [0.2, 0.25) is 0 Å². The van der Waals surface area contributed by atoms with Crippen LogP contribution in [0.2, 0.25) is 0 Å². The van der Waals surface area contributed by atoms with Gasteiger partial charge >= 0.3 is 0 Å². The Hall–Kier alpha value is -0.580. The summed E-state index contributed by atoms with van der Waals surface area (Å²) in [6.07, 6.45) is 0. The predicted molar refractivity (Wildman–Crippen MR) is 36.0 cm³/mol. The summed E-state index contributed by atoms with van der Waals surface area (Å²) in [4.78, 5) is 0. The number of H-pyrrole nitrogens is 1. The molecule has 0 spiro atoms. The van der Waals surface area contributed by atoms with Crippen LogP contribution in [0.25, 0.3) is 0 Å². The predicted octanol–water partition coefficient (Wildman–Crippen LogP) is 0.453. The number of hydrogen-bond acceptors (Lipinski definition) is 4. The lowest BCUT2D eigenvalue weighted by Gasteiger charge is -1.87. The fourth-order valence-corrected chi connectivity index (χ4v) is 0.946. The first-order valence-corrected chi connectivity index (χ1v) is 3.89. The third kappa shape index (κ3) is 2.01. The Kier molecular flexibility index (Phi) is 2.50. The summed E-state index contributed by atoms with van der Waals surface area (Å²) in [6, 6.07) is 0. The fraction of sp³-hybridized carbons (Fsp3) is 0.750. The van der Waals surface area contributed by atoms with Gasteiger partial charge in [-0.1, -0.05) is 12.1 Å². The molecule has 1 aromatic heterocycles. The van der Waals surface area contributed by atoms with Crippen molar-refractivity contribution in [1.29, 1.82) is 0 Å². The Bertz CT molecular complexity index is 150. The molecule has 0 fully saturated rings. The minimum absolute atomic E-state index is 0.779. The number of thioether (sulfide) groups is 1. The summed E-state index contributed by atoms with van der Waals surface area (Å²) in [6.45, 7) is 2.10. The highest BCUT2D eigenvalue weighted by Crippen LogP contribution is 2.04. The van der Waals surface area contributed by atoms with Crippen LogP contribution in [-0.2, 0) is 5.75 Å². The first kappa shape index (κ1) is 6.54. The summed E-state index contributed by atoms with van der Waals surface area (Å²) in [7, 11) is 0. The van der Waals surface area contributed by atoms with Crippen LogP contribution in [-0.4, -0.2) is 26.4 Å². The number of rotatable bonds is 3. The number of tetrazole rings is 1. The van der Waals surface area contributed by atoms with Crippen LogP contribution in [0.5, 0.6) is 0 Å². The first-order valence-electron chi connectivity index (χ1n) is 2.73. The van der Waals surface area contributed by atoms with E-state index in [0.717, 1.165) is 17.3 Å². The van der Waals surface area contributed by atoms with Gasteiger partial charge in [-0.25, -0.2) is 0 Å². The maximum absolute atomic E-state index is 3.79. The lowest BCUT2D eigenvalue weighted by atomic mass is 10.8. The Morgan fingerprint density at radius 3 is 3.11 bits per heavy atom. The van der Waals surface area contributed by atoms with Crippen molar-refractivity contribution in [3.63, 3.8) is 0 Å². The van der Waals surface area contributed by atoms with E-state index in [2.05, 4.69) is 27.5 Å². The molecule has 1 rings (SSSR count). The highest BCUT2D eigenvalue weighted by Gasteiger charge is 1.94. The lowest BCUT2D eigenvalue weighted by molar-refractivity contribution is 0.881. The normalized spacial score (nSPS) is 9.89. The van der Waals surface area contributed by atoms with E-state index in [1.165, 1.54) is 0 Å². The lowest BCUT2D eigenvalue weighted by Crippen LogP contribution is -1.83. The molecular weight excluding hydrogens is 136 g/mol. The second-order valence-corrected chi connectivity index (χ2v) is 2.74. The summed E-state index contributed by atoms with van der Waals surface area (Å²) in [5.41, 5.74) is 0. The van der Waals surface area contributed by atoms with E-state index in [1.54, 1.807) is 11.8 Å². The van der Waals surface area contributed by atoms with Crippen molar-refractivity contribution in [3.05, 3.63) is 5.82 Å². The van der Waals surface area contributed by atoms with E-state index in [4.69, 9.17) is 0 Å². The summed E-state index contributed by atoms with van der Waals surface area (Å²) in [5.74, 6) is 2.73. The molecular formula is C4H8N4S. The van der Waals surface area contributed by atoms with Crippen LogP contribution in [0.4, 0.5) is 0 Å². The second kappa shape index (κ2) is 3.45. The number of nitrogens with zero attached hydrogens (tertiary/aromatic N) is 3. The SMILES string of the molecule is CCSCc1nn[nH]n1. The minimum atomic E-state index is 0.779. The van der Waals surface area contributed by atoms with Crippen LogP contribution >= 0.6 is 11.8 Å². The van der Waals surface area contributed by atoms with E-state index in [9.17, 15) is 0 Å². The maximum Gasteiger partial charge on any atom is 0.184 e. The van der Waals surface area contributed by atoms with Crippen molar-refractivity contribution in [2.75, 3.05) is 5.75 Å². The molecule has 0 aliphatic heterocycles. The molecule has 5 heteroatoms. The fourth-order valence-electron chi connectivity index (χ4n) is 0.437. The Balaban J connectivity index is 2.30. The molecule has 0 aromatic carbocycles. The molecule has 0 aliphatic rings. The zero-order chi connectivity index (χ0) is 6.53. The van der Waals surface area contributed by atoms with Gasteiger partial charge < -0.3 is 0 Å². The molecule has 0 unspecified atom stereocenters. The minimum Gasteiger partial charge on any atom is -0.177 e. The summed E-state index contributed by atoms with van der Waals surface area (Å²) >= 11 is 1.78. The molecule has 0 amide bonds. The average molecular weight is 144 g/mol. The standard InChI is InChI=1S/C4H8N4S/c1-2-9-3-4-5-7-8-6-4/h2-3H2,1H3,(H,5,6,7,8). The number of hydrogen-bond donors (Lipinski definition) is 1. The maximum atomic E-state index is 3.79. The van der Waals surface area contributed by atoms with Crippen molar-refractivity contribution in [2.24, 2.45) is 0 Å². The summed E-state index contributed by atoms with van der Waals surface area (Å²) < 4.78 is 0. The third-order valence-corrected chi connectivity index (χ3v) is 1.70. The monoisotopic (exact) mass is 144 g/mol. The smallest absolute Gasteiger partial charge is 0.177 e. The zero-order valence-electron chi connectivity index (χ0n) is 5.16. The quantitative estimate of drug-likeness (QED) is 0.669. The van der Waals surface area contributed by atoms with E-state index in [0.29, 0.717) is 0 Å². The van der Waals surface area contributed by atoms with Crippen LogP contribution in [0, 0.1) is 0 Å². The van der Waals surface area contributed by atoms with Gasteiger partial charge in [-0.15, -0.1) is 10.2 Å². The van der Waals surface area contributed by atoms with Crippen molar-refractivity contribution >= 4 is 11.8 Å². The Labute approximate surface area is 57.4 Å². The van der Waals surface area contributed by atoms with Gasteiger partial charge in [0, 0.05) is 0 Å². The molecule has 0 saturated carbocycles. The van der Waals surface area contributed by atoms with Crippen molar-refractivity contribution in [3.8, 4) is 0 Å². The van der Waals surface area contributed by atoms with Crippen molar-refractivity contribution in [2.45, 2.75) is 12.7 Å². The number of aromatic nitrogens is 4. The number of nitrogens with one attached hydrogen (secondary N) is 1. The number of aromatic amines is 1. The largest absolute Gasteiger partial charge is 0.184 e. The van der Waals surface area contributed by atoms with Gasteiger partial charge in [0.05, 0.1) is 5.75 Å². The Morgan fingerprint density at radius 2 is 2.56 bits per heavy atom.